The number of rotatable bonds is 16. The summed E-state index contributed by atoms with van der Waals surface area (Å²) in [4.78, 5) is 67.7. The predicted molar refractivity (Wildman–Crippen MR) is 140 cm³/mol. The van der Waals surface area contributed by atoms with Crippen molar-refractivity contribution >= 4 is 31.7 Å². The lowest BCUT2D eigenvalue weighted by Gasteiger charge is -2.41. The number of carbonyl (C=O) groups excluding carboxylic acids is 2. The highest BCUT2D eigenvalue weighted by atomic mass is 31.2. The lowest BCUT2D eigenvalue weighted by molar-refractivity contribution is -0.145. The number of phosphoric acid groups is 1. The second-order valence-electron chi connectivity index (χ2n) is 10.0. The monoisotopic (exact) mass is 571 g/mol. The number of benzene rings is 1. The number of aliphatic carboxylic acids is 2. The van der Waals surface area contributed by atoms with Crippen LogP contribution in [-0.4, -0.2) is 60.9 Å². The number of nitrogens with one attached hydrogen (secondary N) is 1. The fraction of sp³-hybridized carbons (Fsp3) is 0.600. The third-order valence-electron chi connectivity index (χ3n) is 6.86. The summed E-state index contributed by atoms with van der Waals surface area (Å²) in [5.41, 5.74) is 3.92. The Morgan fingerprint density at radius 1 is 0.974 bits per heavy atom. The highest BCUT2D eigenvalue weighted by Gasteiger charge is 2.45. The first kappa shape index (κ1) is 32.1. The smallest absolute Gasteiger partial charge is 0.481 e. The van der Waals surface area contributed by atoms with Crippen LogP contribution in [0, 0.1) is 5.92 Å². The van der Waals surface area contributed by atoms with E-state index in [-0.39, 0.29) is 12.3 Å². The minimum Gasteiger partial charge on any atom is -0.481 e. The van der Waals surface area contributed by atoms with Crippen molar-refractivity contribution in [2.24, 2.45) is 11.7 Å². The highest BCUT2D eigenvalue weighted by Crippen LogP contribution is 2.38. The van der Waals surface area contributed by atoms with Crippen molar-refractivity contribution in [1.29, 1.82) is 0 Å². The number of amides is 3. The Hall–Kier alpha value is -3.15. The van der Waals surface area contributed by atoms with E-state index in [0.717, 1.165) is 24.2 Å². The average Bonchev–Trinajstić information content (AvgIpc) is 2.81. The van der Waals surface area contributed by atoms with Crippen LogP contribution in [0.4, 0.5) is 4.79 Å². The van der Waals surface area contributed by atoms with Gasteiger partial charge in [-0.3, -0.25) is 24.2 Å². The Bertz CT molecular complexity index is 1020. The molecule has 1 aromatic carbocycles. The molecule has 39 heavy (non-hydrogen) atoms. The zero-order chi connectivity index (χ0) is 29.1. The van der Waals surface area contributed by atoms with Crippen molar-refractivity contribution in [2.75, 3.05) is 6.54 Å². The van der Waals surface area contributed by atoms with Crippen LogP contribution in [0.15, 0.2) is 24.3 Å². The molecule has 7 N–H and O–H groups in total. The molecule has 14 heteroatoms. The van der Waals surface area contributed by atoms with Crippen LogP contribution < -0.4 is 15.6 Å². The van der Waals surface area contributed by atoms with Gasteiger partial charge in [0, 0.05) is 13.1 Å². The molecule has 1 aromatic rings. The lowest BCUT2D eigenvalue weighted by atomic mass is 9.84. The Labute approximate surface area is 226 Å². The van der Waals surface area contributed by atoms with Crippen LogP contribution in [0.3, 0.4) is 0 Å². The number of nitrogens with zero attached hydrogens (tertiary/aromatic N) is 1. The number of phosphoric ester groups is 1. The maximum atomic E-state index is 12.9. The summed E-state index contributed by atoms with van der Waals surface area (Å²) in [5, 5.41) is 21.9. The van der Waals surface area contributed by atoms with Crippen LogP contribution in [0.5, 0.6) is 5.75 Å². The van der Waals surface area contributed by atoms with E-state index >= 15 is 0 Å². The molecule has 1 aliphatic rings. The topological polar surface area (TPSA) is 217 Å². The molecule has 0 atom stereocenters. The van der Waals surface area contributed by atoms with Crippen molar-refractivity contribution in [3.05, 3.63) is 29.8 Å². The summed E-state index contributed by atoms with van der Waals surface area (Å²) in [6.07, 6.45) is 6.64. The van der Waals surface area contributed by atoms with E-state index in [1.807, 2.05) is 0 Å². The summed E-state index contributed by atoms with van der Waals surface area (Å²) in [6.45, 7) is -0.0276. The second kappa shape index (κ2) is 14.9. The molecule has 13 nitrogen and oxygen atoms in total. The summed E-state index contributed by atoms with van der Waals surface area (Å²) in [5.74, 6) is -2.91. The second-order valence-corrected chi connectivity index (χ2v) is 11.2. The summed E-state index contributed by atoms with van der Waals surface area (Å²) in [6, 6.07) is 3.99. The van der Waals surface area contributed by atoms with Crippen LogP contribution in [0.1, 0.15) is 76.2 Å². The van der Waals surface area contributed by atoms with E-state index in [9.17, 15) is 34.0 Å². The summed E-state index contributed by atoms with van der Waals surface area (Å²) >= 11 is 0. The number of carboxylic acids is 2. The molecule has 0 spiro atoms. The molecule has 1 fully saturated rings. The molecule has 0 unspecified atom stereocenters. The van der Waals surface area contributed by atoms with E-state index in [0.29, 0.717) is 18.0 Å². The van der Waals surface area contributed by atoms with E-state index < -0.39 is 56.5 Å². The van der Waals surface area contributed by atoms with E-state index in [2.05, 4.69) is 9.84 Å². The van der Waals surface area contributed by atoms with Gasteiger partial charge in [-0.1, -0.05) is 57.1 Å². The number of hydrogen-bond acceptors (Lipinski definition) is 6. The first-order chi connectivity index (χ1) is 18.3. The van der Waals surface area contributed by atoms with Crippen molar-refractivity contribution < 1.29 is 48.3 Å². The number of hydrogen-bond donors (Lipinski definition) is 6. The standard InChI is InChI=1S/C25H38N3O10P/c26-24(34)28(17-19-9-11-20(12-10-19)38-39(35,36)37)25(15-22(30)31,16-23(32)33)14-21(29)27-13-5-4-8-18-6-2-1-3-7-18/h9-12,18H,1-8,13-17H2,(H2,26,34)(H,27,29)(H,30,31)(H,32,33)(H2,35,36,37). The van der Waals surface area contributed by atoms with Crippen LogP contribution in [0.2, 0.25) is 0 Å². The minimum atomic E-state index is -4.80. The van der Waals surface area contributed by atoms with Crippen LogP contribution >= 0.6 is 7.82 Å². The van der Waals surface area contributed by atoms with Gasteiger partial charge in [0.1, 0.15) is 5.75 Å². The number of urea groups is 1. The van der Waals surface area contributed by atoms with Gasteiger partial charge >= 0.3 is 25.8 Å². The molecule has 0 heterocycles. The maximum Gasteiger partial charge on any atom is 0.524 e. The number of carbonyl (C=O) groups is 4. The fourth-order valence-electron chi connectivity index (χ4n) is 5.11. The van der Waals surface area contributed by atoms with Gasteiger partial charge in [0.05, 0.1) is 24.8 Å². The number of primary amides is 1. The number of carboxylic acid groups (broad SMARTS) is 2. The van der Waals surface area contributed by atoms with Gasteiger partial charge in [0.25, 0.3) is 0 Å². The molecule has 1 aliphatic carbocycles. The molecule has 3 amide bonds. The zero-order valence-corrected chi connectivity index (χ0v) is 22.7. The average molecular weight is 572 g/mol. The van der Waals surface area contributed by atoms with Crippen molar-refractivity contribution in [3.8, 4) is 5.75 Å². The summed E-state index contributed by atoms with van der Waals surface area (Å²) < 4.78 is 15.5. The molecule has 0 aliphatic heterocycles. The molecule has 218 valence electrons. The first-order valence-corrected chi connectivity index (χ1v) is 14.4. The van der Waals surface area contributed by atoms with E-state index in [1.165, 1.54) is 56.4 Å². The van der Waals surface area contributed by atoms with Gasteiger partial charge in [0.2, 0.25) is 5.91 Å². The van der Waals surface area contributed by atoms with Gasteiger partial charge < -0.3 is 30.7 Å². The van der Waals surface area contributed by atoms with Crippen molar-refractivity contribution in [3.63, 3.8) is 0 Å². The molecular weight excluding hydrogens is 533 g/mol. The van der Waals surface area contributed by atoms with Crippen LogP contribution in [-0.2, 0) is 25.5 Å². The molecule has 1 saturated carbocycles. The molecule has 2 rings (SSSR count). The third-order valence-corrected chi connectivity index (χ3v) is 7.31. The first-order valence-electron chi connectivity index (χ1n) is 12.9. The number of unbranched alkanes of at least 4 members (excludes halogenated alkanes) is 1. The normalized spacial score (nSPS) is 14.4. The van der Waals surface area contributed by atoms with Gasteiger partial charge in [-0.05, 0) is 30.0 Å². The Balaban J connectivity index is 2.15. The Morgan fingerprint density at radius 2 is 1.56 bits per heavy atom. The molecular formula is C25H38N3O10P. The van der Waals surface area contributed by atoms with E-state index in [4.69, 9.17) is 15.5 Å². The SMILES string of the molecule is NC(=O)N(Cc1ccc(OP(=O)(O)O)cc1)C(CC(=O)O)(CC(=O)O)CC(=O)NCCCCC1CCCCC1. The van der Waals surface area contributed by atoms with Crippen molar-refractivity contribution in [2.45, 2.75) is 82.7 Å². The Kier molecular flexibility index (Phi) is 12.2. The Morgan fingerprint density at radius 3 is 2.08 bits per heavy atom. The van der Waals surface area contributed by atoms with Gasteiger partial charge in [-0.15, -0.1) is 0 Å². The predicted octanol–water partition coefficient (Wildman–Crippen LogP) is 2.98. The van der Waals surface area contributed by atoms with Gasteiger partial charge in [-0.2, -0.15) is 0 Å². The highest BCUT2D eigenvalue weighted by molar-refractivity contribution is 7.46. The quantitative estimate of drug-likeness (QED) is 0.126. The fourth-order valence-corrected chi connectivity index (χ4v) is 5.51. The molecule has 0 saturated heterocycles. The molecule has 0 radical (unpaired) electrons. The van der Waals surface area contributed by atoms with E-state index in [1.54, 1.807) is 0 Å². The third kappa shape index (κ3) is 11.6. The summed E-state index contributed by atoms with van der Waals surface area (Å²) in [7, 11) is -4.80. The number of nitrogens with two attached hydrogens (primary N) is 1. The minimum absolute atomic E-state index is 0.164. The maximum absolute atomic E-state index is 12.9. The largest absolute Gasteiger partial charge is 0.524 e. The van der Waals surface area contributed by atoms with Crippen LogP contribution in [0.25, 0.3) is 0 Å². The van der Waals surface area contributed by atoms with Gasteiger partial charge in [-0.25, -0.2) is 9.36 Å². The molecule has 0 bridgehead atoms. The van der Waals surface area contributed by atoms with Crippen molar-refractivity contribution in [1.82, 2.24) is 10.2 Å². The molecule has 0 aromatic heterocycles. The van der Waals surface area contributed by atoms with Gasteiger partial charge in [0.15, 0.2) is 0 Å². The zero-order valence-electron chi connectivity index (χ0n) is 21.8. The lowest BCUT2D eigenvalue weighted by Crippen LogP contribution is -2.57.